The van der Waals surface area contributed by atoms with Gasteiger partial charge in [0.15, 0.2) is 0 Å². The van der Waals surface area contributed by atoms with E-state index in [9.17, 15) is 0 Å². The molecular weight excluding hydrogens is 270 g/mol. The highest BCUT2D eigenvalue weighted by Crippen LogP contribution is 2.34. The number of hydrogen-bond donors (Lipinski definition) is 1. The zero-order chi connectivity index (χ0) is 15.2. The van der Waals surface area contributed by atoms with Gasteiger partial charge in [-0.2, -0.15) is 0 Å². The Hall–Kier alpha value is -2.06. The summed E-state index contributed by atoms with van der Waals surface area (Å²) in [5.74, 6) is 0. The zero-order valence-corrected chi connectivity index (χ0v) is 13.0. The Bertz CT molecular complexity index is 606. The molecule has 22 heavy (non-hydrogen) atoms. The lowest BCUT2D eigenvalue weighted by Gasteiger charge is -2.31. The number of rotatable bonds is 5. The van der Waals surface area contributed by atoms with Crippen molar-refractivity contribution in [2.24, 2.45) is 0 Å². The largest absolute Gasteiger partial charge is 0.377 e. The Balaban J connectivity index is 1.94. The van der Waals surface area contributed by atoms with Gasteiger partial charge in [-0.25, -0.2) is 0 Å². The summed E-state index contributed by atoms with van der Waals surface area (Å²) in [5, 5.41) is 3.68. The second-order valence-electron chi connectivity index (χ2n) is 5.71. The summed E-state index contributed by atoms with van der Waals surface area (Å²) in [6.45, 7) is 0. The monoisotopic (exact) mass is 293 g/mol. The van der Waals surface area contributed by atoms with Crippen molar-refractivity contribution < 1.29 is 4.74 Å². The van der Waals surface area contributed by atoms with Crippen LogP contribution in [0.5, 0.6) is 0 Å². The van der Waals surface area contributed by atoms with Crippen LogP contribution in [0.2, 0.25) is 0 Å². The molecule has 1 aliphatic carbocycles. The predicted molar refractivity (Wildman–Crippen MR) is 92.0 cm³/mol. The van der Waals surface area contributed by atoms with Gasteiger partial charge in [0.05, 0.1) is 12.1 Å². The van der Waals surface area contributed by atoms with Crippen molar-refractivity contribution >= 4 is 5.69 Å². The minimum atomic E-state index is 0.161. The van der Waals surface area contributed by atoms with Gasteiger partial charge in [0.1, 0.15) is 0 Å². The molecule has 2 heteroatoms. The van der Waals surface area contributed by atoms with Crippen molar-refractivity contribution in [1.82, 2.24) is 0 Å². The lowest BCUT2D eigenvalue weighted by atomic mass is 9.87. The highest BCUT2D eigenvalue weighted by atomic mass is 16.5. The van der Waals surface area contributed by atoms with Crippen LogP contribution < -0.4 is 5.32 Å². The van der Waals surface area contributed by atoms with Gasteiger partial charge in [-0.05, 0) is 42.5 Å². The quantitative estimate of drug-likeness (QED) is 0.786. The fourth-order valence-corrected chi connectivity index (χ4v) is 3.13. The third-order valence-corrected chi connectivity index (χ3v) is 4.26. The van der Waals surface area contributed by atoms with Crippen LogP contribution in [-0.4, -0.2) is 13.2 Å². The molecule has 0 radical (unpaired) electrons. The Morgan fingerprint density at radius 3 is 2.36 bits per heavy atom. The standard InChI is InChI=1S/C20H23NO/c1-22-19-15-9-8-14-18(19)20(16-10-4-2-5-11-16)21-17-12-6-3-7-13-17/h2-7,10-14,19-21H,8-9,15H2,1H3/t19-,20+/m1/s1. The Morgan fingerprint density at radius 2 is 1.68 bits per heavy atom. The first kappa shape index (κ1) is 14.9. The van der Waals surface area contributed by atoms with Gasteiger partial charge in [0, 0.05) is 12.8 Å². The maximum absolute atomic E-state index is 5.74. The normalized spacial score (nSPS) is 19.3. The van der Waals surface area contributed by atoms with E-state index in [4.69, 9.17) is 4.74 Å². The third kappa shape index (κ3) is 3.40. The summed E-state index contributed by atoms with van der Waals surface area (Å²) in [6, 6.07) is 21.2. The van der Waals surface area contributed by atoms with Crippen molar-refractivity contribution in [3.63, 3.8) is 0 Å². The topological polar surface area (TPSA) is 21.3 Å². The first-order chi connectivity index (χ1) is 10.9. The van der Waals surface area contributed by atoms with Crippen LogP contribution in [-0.2, 0) is 4.74 Å². The molecule has 2 aromatic carbocycles. The molecule has 1 N–H and O–H groups in total. The first-order valence-electron chi connectivity index (χ1n) is 7.98. The summed E-state index contributed by atoms with van der Waals surface area (Å²) in [6.07, 6.45) is 5.99. The molecule has 0 unspecified atom stereocenters. The lowest BCUT2D eigenvalue weighted by Crippen LogP contribution is -2.26. The molecule has 114 valence electrons. The molecule has 0 bridgehead atoms. The van der Waals surface area contributed by atoms with Gasteiger partial charge >= 0.3 is 0 Å². The Labute approximate surface area is 132 Å². The van der Waals surface area contributed by atoms with Gasteiger partial charge < -0.3 is 10.1 Å². The average molecular weight is 293 g/mol. The van der Waals surface area contributed by atoms with Crippen LogP contribution in [0.4, 0.5) is 5.69 Å². The molecule has 0 fully saturated rings. The van der Waals surface area contributed by atoms with Crippen molar-refractivity contribution in [3.05, 3.63) is 77.9 Å². The molecule has 0 saturated carbocycles. The number of anilines is 1. The minimum Gasteiger partial charge on any atom is -0.377 e. The van der Waals surface area contributed by atoms with E-state index in [2.05, 4.69) is 66.0 Å². The van der Waals surface area contributed by atoms with Gasteiger partial charge in [-0.1, -0.05) is 54.6 Å². The average Bonchev–Trinajstić information content (AvgIpc) is 2.61. The van der Waals surface area contributed by atoms with Crippen molar-refractivity contribution in [1.29, 1.82) is 0 Å². The van der Waals surface area contributed by atoms with E-state index in [1.54, 1.807) is 0 Å². The minimum absolute atomic E-state index is 0.161. The summed E-state index contributed by atoms with van der Waals surface area (Å²) in [4.78, 5) is 0. The van der Waals surface area contributed by atoms with E-state index in [1.807, 2.05) is 13.2 Å². The van der Waals surface area contributed by atoms with Crippen molar-refractivity contribution in [3.8, 4) is 0 Å². The smallest absolute Gasteiger partial charge is 0.0804 e. The maximum atomic E-state index is 5.74. The van der Waals surface area contributed by atoms with E-state index in [0.717, 1.165) is 18.5 Å². The fourth-order valence-electron chi connectivity index (χ4n) is 3.13. The summed E-state index contributed by atoms with van der Waals surface area (Å²) in [5.41, 5.74) is 3.77. The molecule has 3 rings (SSSR count). The second kappa shape index (κ2) is 7.28. The molecule has 2 atom stereocenters. The van der Waals surface area contributed by atoms with Crippen LogP contribution in [0.25, 0.3) is 0 Å². The van der Waals surface area contributed by atoms with Crippen molar-refractivity contribution in [2.45, 2.75) is 31.4 Å². The molecule has 1 aliphatic rings. The van der Waals surface area contributed by atoms with Crippen LogP contribution in [0.15, 0.2) is 72.3 Å². The number of hydrogen-bond acceptors (Lipinski definition) is 2. The molecule has 0 aromatic heterocycles. The van der Waals surface area contributed by atoms with Gasteiger partial charge in [-0.3, -0.25) is 0 Å². The Morgan fingerprint density at radius 1 is 1.00 bits per heavy atom. The molecule has 0 amide bonds. The van der Waals surface area contributed by atoms with Crippen molar-refractivity contribution in [2.75, 3.05) is 12.4 Å². The van der Waals surface area contributed by atoms with Crippen LogP contribution in [0, 0.1) is 0 Å². The molecular formula is C20H23NO. The molecule has 0 aliphatic heterocycles. The molecule has 0 spiro atoms. The van der Waals surface area contributed by atoms with Gasteiger partial charge in [0.25, 0.3) is 0 Å². The fraction of sp³-hybridized carbons (Fsp3) is 0.300. The summed E-state index contributed by atoms with van der Waals surface area (Å²) < 4.78 is 5.74. The third-order valence-electron chi connectivity index (χ3n) is 4.26. The maximum Gasteiger partial charge on any atom is 0.0804 e. The summed E-state index contributed by atoms with van der Waals surface area (Å²) >= 11 is 0. The molecule has 0 saturated heterocycles. The van der Waals surface area contributed by atoms with Crippen LogP contribution >= 0.6 is 0 Å². The van der Waals surface area contributed by atoms with Crippen LogP contribution in [0.3, 0.4) is 0 Å². The van der Waals surface area contributed by atoms with E-state index in [0.29, 0.717) is 0 Å². The first-order valence-corrected chi connectivity index (χ1v) is 7.98. The number of allylic oxidation sites excluding steroid dienone is 1. The van der Waals surface area contributed by atoms with Crippen LogP contribution in [0.1, 0.15) is 30.9 Å². The number of methoxy groups -OCH3 is 1. The van der Waals surface area contributed by atoms with Gasteiger partial charge in [0.2, 0.25) is 0 Å². The second-order valence-corrected chi connectivity index (χ2v) is 5.71. The zero-order valence-electron chi connectivity index (χ0n) is 13.0. The van der Waals surface area contributed by atoms with E-state index in [1.165, 1.54) is 17.6 Å². The summed E-state index contributed by atoms with van der Waals surface area (Å²) in [7, 11) is 1.81. The SMILES string of the molecule is CO[C@@H]1CCCC=C1[C@@H](Nc1ccccc1)c1ccccc1. The molecule has 2 aromatic rings. The van der Waals surface area contributed by atoms with E-state index in [-0.39, 0.29) is 12.1 Å². The predicted octanol–water partition coefficient (Wildman–Crippen LogP) is 4.97. The van der Waals surface area contributed by atoms with Gasteiger partial charge in [-0.15, -0.1) is 0 Å². The van der Waals surface area contributed by atoms with E-state index < -0.39 is 0 Å². The number of nitrogens with one attached hydrogen (secondary N) is 1. The molecule has 0 heterocycles. The lowest BCUT2D eigenvalue weighted by molar-refractivity contribution is 0.113. The highest BCUT2D eigenvalue weighted by Gasteiger charge is 2.26. The number of benzene rings is 2. The number of ether oxygens (including phenoxy) is 1. The van der Waals surface area contributed by atoms with E-state index >= 15 is 0 Å². The highest BCUT2D eigenvalue weighted by molar-refractivity contribution is 5.49. The number of para-hydroxylation sites is 1. The molecule has 2 nitrogen and oxygen atoms in total. The Kier molecular flexibility index (Phi) is 4.92.